The fourth-order valence-corrected chi connectivity index (χ4v) is 1.87. The molecule has 1 aliphatic carbocycles. The first-order valence-corrected chi connectivity index (χ1v) is 5.15. The molecule has 1 unspecified atom stereocenters. The molecular formula is C12H14O4. The highest BCUT2D eigenvalue weighted by molar-refractivity contribution is 5.79. The highest BCUT2D eigenvalue weighted by atomic mass is 16.5. The summed E-state index contributed by atoms with van der Waals surface area (Å²) >= 11 is 0. The molecule has 0 saturated heterocycles. The van der Waals surface area contributed by atoms with Gasteiger partial charge in [-0.2, -0.15) is 0 Å². The van der Waals surface area contributed by atoms with Crippen molar-refractivity contribution >= 4 is 5.97 Å². The van der Waals surface area contributed by atoms with E-state index in [0.29, 0.717) is 24.2 Å². The summed E-state index contributed by atoms with van der Waals surface area (Å²) in [7, 11) is 1.54. The molecule has 0 aromatic heterocycles. The van der Waals surface area contributed by atoms with Crippen LogP contribution < -0.4 is 4.74 Å². The number of aliphatic hydroxyl groups is 1. The first-order chi connectivity index (χ1) is 7.60. The molecule has 16 heavy (non-hydrogen) atoms. The van der Waals surface area contributed by atoms with Gasteiger partial charge in [-0.15, -0.1) is 0 Å². The molecule has 1 saturated carbocycles. The summed E-state index contributed by atoms with van der Waals surface area (Å²) in [4.78, 5) is 11.1. The van der Waals surface area contributed by atoms with E-state index in [1.54, 1.807) is 24.3 Å². The number of ether oxygens (including phenoxy) is 1. The van der Waals surface area contributed by atoms with Crippen LogP contribution in [0.25, 0.3) is 0 Å². The molecule has 1 fully saturated rings. The van der Waals surface area contributed by atoms with Crippen LogP contribution in [0.4, 0.5) is 0 Å². The van der Waals surface area contributed by atoms with Gasteiger partial charge in [0.1, 0.15) is 5.75 Å². The minimum absolute atomic E-state index is 0.528. The molecule has 1 aromatic carbocycles. The van der Waals surface area contributed by atoms with Crippen molar-refractivity contribution < 1.29 is 19.7 Å². The van der Waals surface area contributed by atoms with Crippen molar-refractivity contribution in [1.29, 1.82) is 0 Å². The number of hydrogen-bond donors (Lipinski definition) is 2. The lowest BCUT2D eigenvalue weighted by Gasteiger charge is -2.18. The molecule has 0 heterocycles. The number of carboxylic acid groups (broad SMARTS) is 1. The van der Waals surface area contributed by atoms with Crippen molar-refractivity contribution in [3.63, 3.8) is 0 Å². The summed E-state index contributed by atoms with van der Waals surface area (Å²) in [6, 6.07) is 6.90. The third-order valence-corrected chi connectivity index (χ3v) is 3.15. The van der Waals surface area contributed by atoms with Crippen molar-refractivity contribution in [1.82, 2.24) is 0 Å². The lowest BCUT2D eigenvalue weighted by atomic mass is 9.93. The smallest absolute Gasteiger partial charge is 0.312 e. The second kappa shape index (κ2) is 3.79. The molecule has 0 amide bonds. The Labute approximate surface area is 93.5 Å². The Bertz CT molecular complexity index is 409. The average Bonchev–Trinajstić information content (AvgIpc) is 3.09. The molecule has 0 radical (unpaired) electrons. The third-order valence-electron chi connectivity index (χ3n) is 3.15. The van der Waals surface area contributed by atoms with Crippen LogP contribution in [0.1, 0.15) is 24.5 Å². The quantitative estimate of drug-likeness (QED) is 0.811. The zero-order valence-electron chi connectivity index (χ0n) is 9.01. The minimum atomic E-state index is -0.980. The zero-order valence-corrected chi connectivity index (χ0v) is 9.01. The van der Waals surface area contributed by atoms with Crippen LogP contribution in [0.15, 0.2) is 24.3 Å². The average molecular weight is 222 g/mol. The number of benzene rings is 1. The van der Waals surface area contributed by atoms with E-state index in [9.17, 15) is 9.90 Å². The Hall–Kier alpha value is -1.55. The van der Waals surface area contributed by atoms with Gasteiger partial charge in [-0.05, 0) is 30.5 Å². The van der Waals surface area contributed by atoms with E-state index in [1.165, 1.54) is 7.11 Å². The molecule has 86 valence electrons. The highest BCUT2D eigenvalue weighted by Gasteiger charge is 2.56. The van der Waals surface area contributed by atoms with Gasteiger partial charge in [-0.3, -0.25) is 4.79 Å². The van der Waals surface area contributed by atoms with Gasteiger partial charge in [0.15, 0.2) is 0 Å². The Morgan fingerprint density at radius 2 is 2.19 bits per heavy atom. The van der Waals surface area contributed by atoms with Crippen molar-refractivity contribution in [2.45, 2.75) is 18.9 Å². The second-order valence-electron chi connectivity index (χ2n) is 4.14. The number of carbonyl (C=O) groups is 1. The van der Waals surface area contributed by atoms with Gasteiger partial charge in [0.25, 0.3) is 0 Å². The number of methoxy groups -OCH3 is 1. The van der Waals surface area contributed by atoms with Gasteiger partial charge < -0.3 is 14.9 Å². The molecular weight excluding hydrogens is 208 g/mol. The zero-order chi connectivity index (χ0) is 11.8. The normalized spacial score (nSPS) is 18.9. The van der Waals surface area contributed by atoms with Crippen LogP contribution in [-0.2, 0) is 4.79 Å². The van der Waals surface area contributed by atoms with E-state index in [4.69, 9.17) is 9.84 Å². The molecule has 0 aliphatic heterocycles. The number of aliphatic hydroxyl groups excluding tert-OH is 1. The van der Waals surface area contributed by atoms with E-state index in [2.05, 4.69) is 0 Å². The molecule has 0 bridgehead atoms. The van der Waals surface area contributed by atoms with Gasteiger partial charge in [0.05, 0.1) is 18.6 Å². The SMILES string of the molecule is COc1cccc(C(O)C2(C(=O)O)CC2)c1. The van der Waals surface area contributed by atoms with Crippen molar-refractivity contribution in [3.8, 4) is 5.75 Å². The topological polar surface area (TPSA) is 66.8 Å². The summed E-state index contributed by atoms with van der Waals surface area (Å²) in [6.45, 7) is 0. The van der Waals surface area contributed by atoms with Crippen LogP contribution in [0.2, 0.25) is 0 Å². The maximum Gasteiger partial charge on any atom is 0.312 e. The van der Waals surface area contributed by atoms with E-state index in [0.717, 1.165) is 0 Å². The van der Waals surface area contributed by atoms with E-state index >= 15 is 0 Å². The number of carboxylic acids is 1. The lowest BCUT2D eigenvalue weighted by molar-refractivity contribution is -0.148. The van der Waals surface area contributed by atoms with Crippen LogP contribution in [0.5, 0.6) is 5.75 Å². The predicted molar refractivity (Wildman–Crippen MR) is 57.3 cm³/mol. The van der Waals surface area contributed by atoms with Crippen LogP contribution in [0, 0.1) is 5.41 Å². The molecule has 0 spiro atoms. The summed E-state index contributed by atoms with van der Waals surface area (Å²) in [5, 5.41) is 19.1. The first-order valence-electron chi connectivity index (χ1n) is 5.15. The summed E-state index contributed by atoms with van der Waals surface area (Å²) < 4.78 is 5.04. The Morgan fingerprint density at radius 3 is 2.69 bits per heavy atom. The second-order valence-corrected chi connectivity index (χ2v) is 4.14. The van der Waals surface area contributed by atoms with Crippen molar-refractivity contribution in [2.24, 2.45) is 5.41 Å². The maximum atomic E-state index is 11.1. The molecule has 4 nitrogen and oxygen atoms in total. The number of hydrogen-bond acceptors (Lipinski definition) is 3. The molecule has 1 aromatic rings. The minimum Gasteiger partial charge on any atom is -0.497 e. The Morgan fingerprint density at radius 1 is 1.50 bits per heavy atom. The standard InChI is InChI=1S/C12H14O4/c1-16-9-4-2-3-8(7-9)10(13)12(5-6-12)11(14)15/h2-4,7,10,13H,5-6H2,1H3,(H,14,15). The first kappa shape index (κ1) is 11.0. The fraction of sp³-hybridized carbons (Fsp3) is 0.417. The van der Waals surface area contributed by atoms with Crippen molar-refractivity contribution in [2.75, 3.05) is 7.11 Å². The number of aliphatic carboxylic acids is 1. The summed E-state index contributed by atoms with van der Waals surface area (Å²) in [5.74, 6) is -0.305. The van der Waals surface area contributed by atoms with Gasteiger partial charge >= 0.3 is 5.97 Å². The van der Waals surface area contributed by atoms with Crippen LogP contribution in [0.3, 0.4) is 0 Å². The van der Waals surface area contributed by atoms with Crippen LogP contribution in [-0.4, -0.2) is 23.3 Å². The maximum absolute atomic E-state index is 11.1. The molecule has 2 rings (SSSR count). The van der Waals surface area contributed by atoms with E-state index < -0.39 is 17.5 Å². The Kier molecular flexibility index (Phi) is 2.59. The predicted octanol–water partition coefficient (Wildman–Crippen LogP) is 1.59. The van der Waals surface area contributed by atoms with Gasteiger partial charge in [-0.25, -0.2) is 0 Å². The molecule has 4 heteroatoms. The summed E-state index contributed by atoms with van der Waals surface area (Å²) in [6.07, 6.45) is 0.0987. The van der Waals surface area contributed by atoms with Crippen LogP contribution >= 0.6 is 0 Å². The Balaban J connectivity index is 2.27. The monoisotopic (exact) mass is 222 g/mol. The van der Waals surface area contributed by atoms with Gasteiger partial charge in [0.2, 0.25) is 0 Å². The van der Waals surface area contributed by atoms with E-state index in [-0.39, 0.29) is 0 Å². The highest BCUT2D eigenvalue weighted by Crippen LogP contribution is 2.55. The lowest BCUT2D eigenvalue weighted by Crippen LogP contribution is -2.23. The van der Waals surface area contributed by atoms with Gasteiger partial charge in [-0.1, -0.05) is 12.1 Å². The molecule has 1 atom stereocenters. The summed E-state index contributed by atoms with van der Waals surface area (Å²) in [5.41, 5.74) is -0.383. The van der Waals surface area contributed by atoms with E-state index in [1.807, 2.05) is 0 Å². The third kappa shape index (κ3) is 1.65. The van der Waals surface area contributed by atoms with Gasteiger partial charge in [0, 0.05) is 0 Å². The fourth-order valence-electron chi connectivity index (χ4n) is 1.87. The molecule has 1 aliphatic rings. The largest absolute Gasteiger partial charge is 0.497 e. The number of rotatable bonds is 4. The van der Waals surface area contributed by atoms with Crippen molar-refractivity contribution in [3.05, 3.63) is 29.8 Å². The molecule has 2 N–H and O–H groups in total.